The minimum Gasteiger partial charge on any atom is -0.503 e. The van der Waals surface area contributed by atoms with Gasteiger partial charge in [0.05, 0.1) is 12.1 Å². The molecule has 0 bridgehead atoms. The van der Waals surface area contributed by atoms with Gasteiger partial charge in [-0.25, -0.2) is 8.78 Å². The standard InChI is InChI=1S/C22H23F2N3O5/c1-2-6-26-11-22(5-7-32-12-22)27-10-15(18(28)19(29)17(27)21(26)31)20(30)25-9-13-3-4-14(23)8-16(13)24/h3-4,8,10,29H,2,5-7,9,11-12H2,1H3,(H,25,30). The second-order valence-corrected chi connectivity index (χ2v) is 8.11. The molecule has 1 aromatic carbocycles. The van der Waals surface area contributed by atoms with E-state index < -0.39 is 40.2 Å². The van der Waals surface area contributed by atoms with Crippen LogP contribution in [-0.2, 0) is 16.8 Å². The Hall–Kier alpha value is -3.27. The number of ether oxygens (including phenoxy) is 1. The highest BCUT2D eigenvalue weighted by molar-refractivity contribution is 5.99. The summed E-state index contributed by atoms with van der Waals surface area (Å²) in [5, 5.41) is 13.0. The van der Waals surface area contributed by atoms with Gasteiger partial charge in [-0.15, -0.1) is 0 Å². The number of hydrogen-bond acceptors (Lipinski definition) is 5. The second-order valence-electron chi connectivity index (χ2n) is 8.11. The summed E-state index contributed by atoms with van der Waals surface area (Å²) in [4.78, 5) is 40.1. The molecule has 0 aliphatic carbocycles. The maximum absolute atomic E-state index is 13.9. The summed E-state index contributed by atoms with van der Waals surface area (Å²) in [6, 6.07) is 2.94. The zero-order chi connectivity index (χ0) is 23.0. The Bertz CT molecular complexity index is 1140. The van der Waals surface area contributed by atoms with Crippen LogP contribution in [0.3, 0.4) is 0 Å². The Morgan fingerprint density at radius 1 is 1.31 bits per heavy atom. The fourth-order valence-corrected chi connectivity index (χ4v) is 4.29. The third kappa shape index (κ3) is 3.64. The maximum atomic E-state index is 13.9. The highest BCUT2D eigenvalue weighted by Gasteiger charge is 2.47. The van der Waals surface area contributed by atoms with Crippen molar-refractivity contribution in [2.45, 2.75) is 31.8 Å². The van der Waals surface area contributed by atoms with Crippen LogP contribution in [0.15, 0.2) is 29.2 Å². The van der Waals surface area contributed by atoms with E-state index in [0.29, 0.717) is 38.6 Å². The first-order chi connectivity index (χ1) is 15.3. The molecule has 1 atom stereocenters. The minimum atomic E-state index is -0.992. The SMILES string of the molecule is CCCN1CC2(CCOC2)n2cc(C(=O)NCc3ccc(F)cc3F)c(=O)c(O)c2C1=O. The number of benzene rings is 1. The predicted molar refractivity (Wildman–Crippen MR) is 109 cm³/mol. The Balaban J connectivity index is 1.71. The molecular weight excluding hydrogens is 424 g/mol. The molecule has 2 aliphatic heterocycles. The lowest BCUT2D eigenvalue weighted by Crippen LogP contribution is -2.55. The molecule has 0 radical (unpaired) electrons. The van der Waals surface area contributed by atoms with Gasteiger partial charge in [-0.05, 0) is 18.9 Å². The molecule has 1 unspecified atom stereocenters. The Morgan fingerprint density at radius 2 is 2.09 bits per heavy atom. The van der Waals surface area contributed by atoms with Gasteiger partial charge in [-0.1, -0.05) is 13.0 Å². The molecular formula is C22H23F2N3O5. The molecule has 2 aromatic rings. The number of nitrogens with one attached hydrogen (secondary N) is 1. The van der Waals surface area contributed by atoms with Crippen molar-refractivity contribution in [3.63, 3.8) is 0 Å². The Kier molecular flexibility index (Phi) is 5.72. The van der Waals surface area contributed by atoms with E-state index in [1.807, 2.05) is 6.92 Å². The van der Waals surface area contributed by atoms with Crippen LogP contribution < -0.4 is 10.7 Å². The Labute approximate surface area is 182 Å². The Morgan fingerprint density at radius 3 is 2.75 bits per heavy atom. The van der Waals surface area contributed by atoms with Crippen molar-refractivity contribution < 1.29 is 28.2 Å². The topological polar surface area (TPSA) is 101 Å². The summed E-state index contributed by atoms with van der Waals surface area (Å²) in [5.74, 6) is -3.72. The highest BCUT2D eigenvalue weighted by atomic mass is 19.1. The molecule has 3 heterocycles. The fourth-order valence-electron chi connectivity index (χ4n) is 4.29. The van der Waals surface area contributed by atoms with Gasteiger partial charge < -0.3 is 24.6 Å². The van der Waals surface area contributed by atoms with Crippen molar-refractivity contribution in [2.24, 2.45) is 0 Å². The van der Waals surface area contributed by atoms with Crippen LogP contribution in [0.25, 0.3) is 0 Å². The van der Waals surface area contributed by atoms with E-state index in [4.69, 9.17) is 4.74 Å². The summed E-state index contributed by atoms with van der Waals surface area (Å²) in [6.07, 6.45) is 2.51. The van der Waals surface area contributed by atoms with Gasteiger partial charge >= 0.3 is 0 Å². The quantitative estimate of drug-likeness (QED) is 0.727. The molecule has 4 rings (SSSR count). The average molecular weight is 447 g/mol. The molecule has 170 valence electrons. The summed E-state index contributed by atoms with van der Waals surface area (Å²) in [6.45, 7) is 3.12. The van der Waals surface area contributed by atoms with Crippen LogP contribution in [-0.4, -0.2) is 52.7 Å². The number of hydrogen-bond donors (Lipinski definition) is 2. The summed E-state index contributed by atoms with van der Waals surface area (Å²) in [5.41, 5.74) is -2.21. The fraction of sp³-hybridized carbons (Fsp3) is 0.409. The number of amides is 2. The largest absolute Gasteiger partial charge is 0.503 e. The van der Waals surface area contributed by atoms with Crippen molar-refractivity contribution in [3.05, 3.63) is 63.1 Å². The first-order valence-corrected chi connectivity index (χ1v) is 10.4. The molecule has 1 saturated heterocycles. The van der Waals surface area contributed by atoms with Crippen molar-refractivity contribution in [1.29, 1.82) is 0 Å². The van der Waals surface area contributed by atoms with Gasteiger partial charge in [0.1, 0.15) is 17.2 Å². The van der Waals surface area contributed by atoms with Gasteiger partial charge in [0, 0.05) is 44.1 Å². The van der Waals surface area contributed by atoms with Crippen LogP contribution >= 0.6 is 0 Å². The molecule has 10 heteroatoms. The number of nitrogens with zero attached hydrogens (tertiary/aromatic N) is 2. The number of pyridine rings is 1. The number of aromatic hydroxyl groups is 1. The van der Waals surface area contributed by atoms with Crippen LogP contribution in [0.1, 0.15) is 46.2 Å². The smallest absolute Gasteiger partial charge is 0.274 e. The second kappa shape index (κ2) is 8.34. The number of carbonyl (C=O) groups excluding carboxylic acids is 2. The zero-order valence-electron chi connectivity index (χ0n) is 17.5. The van der Waals surface area contributed by atoms with Crippen LogP contribution in [0, 0.1) is 11.6 Å². The van der Waals surface area contributed by atoms with E-state index >= 15 is 0 Å². The molecule has 1 fully saturated rings. The lowest BCUT2D eigenvalue weighted by atomic mass is 9.92. The van der Waals surface area contributed by atoms with Gasteiger partial charge in [0.2, 0.25) is 5.43 Å². The molecule has 0 saturated carbocycles. The van der Waals surface area contributed by atoms with Crippen molar-refractivity contribution in [2.75, 3.05) is 26.3 Å². The van der Waals surface area contributed by atoms with E-state index in [-0.39, 0.29) is 30.0 Å². The van der Waals surface area contributed by atoms with E-state index in [1.165, 1.54) is 16.8 Å². The maximum Gasteiger partial charge on any atom is 0.274 e. The molecule has 2 N–H and O–H groups in total. The van der Waals surface area contributed by atoms with Gasteiger partial charge in [-0.2, -0.15) is 0 Å². The van der Waals surface area contributed by atoms with Crippen molar-refractivity contribution in [3.8, 4) is 5.75 Å². The normalized spacial score (nSPS) is 20.0. The highest BCUT2D eigenvalue weighted by Crippen LogP contribution is 2.36. The van der Waals surface area contributed by atoms with E-state index in [2.05, 4.69) is 5.32 Å². The van der Waals surface area contributed by atoms with Crippen molar-refractivity contribution in [1.82, 2.24) is 14.8 Å². The van der Waals surface area contributed by atoms with Crippen LogP contribution in [0.2, 0.25) is 0 Å². The molecule has 8 nitrogen and oxygen atoms in total. The van der Waals surface area contributed by atoms with Gasteiger partial charge in [-0.3, -0.25) is 14.4 Å². The number of carbonyl (C=O) groups is 2. The van der Waals surface area contributed by atoms with E-state index in [1.54, 1.807) is 4.90 Å². The first kappa shape index (κ1) is 21.9. The summed E-state index contributed by atoms with van der Waals surface area (Å²) in [7, 11) is 0. The number of halogens is 2. The van der Waals surface area contributed by atoms with Crippen molar-refractivity contribution >= 4 is 11.8 Å². The monoisotopic (exact) mass is 447 g/mol. The lowest BCUT2D eigenvalue weighted by Gasteiger charge is -2.42. The van der Waals surface area contributed by atoms with Gasteiger partial charge in [0.25, 0.3) is 11.8 Å². The average Bonchev–Trinajstić information content (AvgIpc) is 3.22. The molecule has 1 spiro atoms. The van der Waals surface area contributed by atoms with Crippen LogP contribution in [0.4, 0.5) is 8.78 Å². The van der Waals surface area contributed by atoms with E-state index in [0.717, 1.165) is 6.07 Å². The third-order valence-electron chi connectivity index (χ3n) is 5.94. The molecule has 2 amide bonds. The van der Waals surface area contributed by atoms with Crippen LogP contribution in [0.5, 0.6) is 5.75 Å². The summed E-state index contributed by atoms with van der Waals surface area (Å²) < 4.78 is 34.0. The number of fused-ring (bicyclic) bond motifs is 2. The number of aromatic nitrogens is 1. The molecule has 1 aromatic heterocycles. The first-order valence-electron chi connectivity index (χ1n) is 10.4. The minimum absolute atomic E-state index is 0.0353. The third-order valence-corrected chi connectivity index (χ3v) is 5.94. The number of rotatable bonds is 5. The summed E-state index contributed by atoms with van der Waals surface area (Å²) >= 11 is 0. The zero-order valence-corrected chi connectivity index (χ0v) is 17.5. The lowest BCUT2D eigenvalue weighted by molar-refractivity contribution is 0.0497. The van der Waals surface area contributed by atoms with Gasteiger partial charge in [0.15, 0.2) is 11.4 Å². The molecule has 32 heavy (non-hydrogen) atoms. The predicted octanol–water partition coefficient (Wildman–Crippen LogP) is 1.74. The molecule has 2 aliphatic rings. The van der Waals surface area contributed by atoms with E-state index in [9.17, 15) is 28.3 Å².